The molecule has 1 fully saturated rings. The molecule has 2 rings (SSSR count). The van der Waals surface area contributed by atoms with E-state index in [1.165, 1.54) is 15.3 Å². The van der Waals surface area contributed by atoms with Crippen LogP contribution >= 0.6 is 11.3 Å². The highest BCUT2D eigenvalue weighted by atomic mass is 32.1. The molecule has 1 aromatic heterocycles. The molecule has 0 aromatic carbocycles. The third-order valence-corrected chi connectivity index (χ3v) is 3.49. The molecule has 1 aliphatic rings. The van der Waals surface area contributed by atoms with Crippen molar-refractivity contribution in [3.63, 3.8) is 0 Å². The van der Waals surface area contributed by atoms with Gasteiger partial charge in [-0.15, -0.1) is 11.3 Å². The zero-order chi connectivity index (χ0) is 8.77. The summed E-state index contributed by atoms with van der Waals surface area (Å²) in [6.45, 7) is 4.22. The van der Waals surface area contributed by atoms with E-state index in [-0.39, 0.29) is 5.41 Å². The van der Waals surface area contributed by atoms with Crippen molar-refractivity contribution in [1.29, 1.82) is 5.26 Å². The highest BCUT2D eigenvalue weighted by molar-refractivity contribution is 7.12. The topological polar surface area (TPSA) is 23.8 Å². The Balaban J connectivity index is 2.48. The average Bonchev–Trinajstić information content (AvgIpc) is 2.74. The Morgan fingerprint density at radius 1 is 1.50 bits per heavy atom. The summed E-state index contributed by atoms with van der Waals surface area (Å²) >= 11 is 1.80. The fourth-order valence-corrected chi connectivity index (χ4v) is 2.70. The molecule has 0 N–H and O–H groups in total. The molecule has 0 atom stereocenters. The standard InChI is InChI=1S/C10H11NS/c1-7-5-9(8(2)12-7)10(6-11)3-4-10/h5H,3-4H2,1-2H3. The number of thiophene rings is 1. The van der Waals surface area contributed by atoms with E-state index in [1.54, 1.807) is 11.3 Å². The quantitative estimate of drug-likeness (QED) is 0.647. The Kier molecular flexibility index (Phi) is 1.52. The molecule has 1 aliphatic carbocycles. The number of hydrogen-bond acceptors (Lipinski definition) is 2. The van der Waals surface area contributed by atoms with Crippen LogP contribution in [0.5, 0.6) is 0 Å². The highest BCUT2D eigenvalue weighted by Crippen LogP contribution is 2.50. The Morgan fingerprint density at radius 2 is 2.17 bits per heavy atom. The molecule has 0 saturated heterocycles. The lowest BCUT2D eigenvalue weighted by atomic mass is 9.98. The largest absolute Gasteiger partial charge is 0.197 e. The predicted octanol–water partition coefficient (Wildman–Crippen LogP) is 2.92. The first kappa shape index (κ1) is 7.82. The van der Waals surface area contributed by atoms with Crippen LogP contribution in [0.1, 0.15) is 28.2 Å². The van der Waals surface area contributed by atoms with Gasteiger partial charge in [-0.1, -0.05) is 0 Å². The van der Waals surface area contributed by atoms with E-state index in [1.807, 2.05) is 0 Å². The fraction of sp³-hybridized carbons (Fsp3) is 0.500. The Labute approximate surface area is 76.6 Å². The minimum absolute atomic E-state index is 0.0884. The zero-order valence-corrected chi connectivity index (χ0v) is 8.16. The van der Waals surface area contributed by atoms with Crippen LogP contribution in [-0.2, 0) is 5.41 Å². The molecule has 1 aromatic rings. The lowest BCUT2D eigenvalue weighted by Gasteiger charge is -2.02. The second kappa shape index (κ2) is 2.34. The fourth-order valence-electron chi connectivity index (χ4n) is 1.67. The van der Waals surface area contributed by atoms with E-state index < -0.39 is 0 Å². The zero-order valence-electron chi connectivity index (χ0n) is 7.35. The van der Waals surface area contributed by atoms with Crippen LogP contribution in [0.2, 0.25) is 0 Å². The molecule has 1 heterocycles. The van der Waals surface area contributed by atoms with Gasteiger partial charge in [0.25, 0.3) is 0 Å². The first-order valence-electron chi connectivity index (χ1n) is 4.17. The Bertz CT molecular complexity index is 352. The van der Waals surface area contributed by atoms with E-state index in [4.69, 9.17) is 5.26 Å². The summed E-state index contributed by atoms with van der Waals surface area (Å²) in [5, 5.41) is 9.00. The van der Waals surface area contributed by atoms with Gasteiger partial charge in [0.2, 0.25) is 0 Å². The van der Waals surface area contributed by atoms with E-state index in [9.17, 15) is 0 Å². The van der Waals surface area contributed by atoms with Crippen LogP contribution in [-0.4, -0.2) is 0 Å². The van der Waals surface area contributed by atoms with Crippen molar-refractivity contribution in [2.45, 2.75) is 32.1 Å². The Morgan fingerprint density at radius 3 is 2.50 bits per heavy atom. The monoisotopic (exact) mass is 177 g/mol. The highest BCUT2D eigenvalue weighted by Gasteiger charge is 2.46. The molecule has 0 unspecified atom stereocenters. The molecule has 2 heteroatoms. The van der Waals surface area contributed by atoms with Crippen LogP contribution in [0.3, 0.4) is 0 Å². The van der Waals surface area contributed by atoms with Crippen molar-refractivity contribution in [3.05, 3.63) is 21.4 Å². The number of aryl methyl sites for hydroxylation is 2. The summed E-state index contributed by atoms with van der Waals surface area (Å²) in [4.78, 5) is 2.65. The first-order chi connectivity index (χ1) is 5.68. The van der Waals surface area contributed by atoms with E-state index >= 15 is 0 Å². The summed E-state index contributed by atoms with van der Waals surface area (Å²) in [6, 6.07) is 4.61. The van der Waals surface area contributed by atoms with Gasteiger partial charge in [-0.25, -0.2) is 0 Å². The van der Waals surface area contributed by atoms with Crippen molar-refractivity contribution >= 4 is 11.3 Å². The van der Waals surface area contributed by atoms with Gasteiger partial charge in [-0.2, -0.15) is 5.26 Å². The predicted molar refractivity (Wildman–Crippen MR) is 50.3 cm³/mol. The van der Waals surface area contributed by atoms with Gasteiger partial charge in [0.15, 0.2) is 0 Å². The number of nitrogens with zero attached hydrogens (tertiary/aromatic N) is 1. The second-order valence-corrected chi connectivity index (χ2v) is 4.98. The van der Waals surface area contributed by atoms with Gasteiger partial charge < -0.3 is 0 Å². The van der Waals surface area contributed by atoms with Crippen LogP contribution in [0.4, 0.5) is 0 Å². The summed E-state index contributed by atoms with van der Waals surface area (Å²) in [7, 11) is 0. The molecule has 0 aliphatic heterocycles. The van der Waals surface area contributed by atoms with Crippen molar-refractivity contribution in [2.24, 2.45) is 0 Å². The summed E-state index contributed by atoms with van der Waals surface area (Å²) in [6.07, 6.45) is 2.11. The molecule has 12 heavy (non-hydrogen) atoms. The maximum atomic E-state index is 9.00. The van der Waals surface area contributed by atoms with Gasteiger partial charge in [0.05, 0.1) is 11.5 Å². The average molecular weight is 177 g/mol. The minimum atomic E-state index is -0.0884. The third kappa shape index (κ3) is 0.971. The van der Waals surface area contributed by atoms with E-state index in [0.717, 1.165) is 12.8 Å². The maximum Gasteiger partial charge on any atom is 0.0834 e. The van der Waals surface area contributed by atoms with Gasteiger partial charge >= 0.3 is 0 Å². The van der Waals surface area contributed by atoms with Gasteiger partial charge in [-0.05, 0) is 38.3 Å². The van der Waals surface area contributed by atoms with Gasteiger partial charge in [0, 0.05) is 9.75 Å². The van der Waals surface area contributed by atoms with Crippen molar-refractivity contribution in [3.8, 4) is 6.07 Å². The molecule has 0 bridgehead atoms. The SMILES string of the molecule is Cc1cc(C2(C#N)CC2)c(C)s1. The smallest absolute Gasteiger partial charge is 0.0834 e. The number of rotatable bonds is 1. The van der Waals surface area contributed by atoms with Crippen molar-refractivity contribution in [2.75, 3.05) is 0 Å². The van der Waals surface area contributed by atoms with Crippen LogP contribution in [0.25, 0.3) is 0 Å². The van der Waals surface area contributed by atoms with Crippen molar-refractivity contribution < 1.29 is 0 Å². The second-order valence-electron chi connectivity index (χ2n) is 3.52. The van der Waals surface area contributed by atoms with Gasteiger partial charge in [-0.3, -0.25) is 0 Å². The van der Waals surface area contributed by atoms with Crippen LogP contribution in [0, 0.1) is 25.2 Å². The first-order valence-corrected chi connectivity index (χ1v) is 4.98. The number of nitriles is 1. The van der Waals surface area contributed by atoms with Gasteiger partial charge in [0.1, 0.15) is 0 Å². The molecule has 0 amide bonds. The minimum Gasteiger partial charge on any atom is -0.197 e. The molecule has 1 saturated carbocycles. The molecule has 1 nitrogen and oxygen atoms in total. The van der Waals surface area contributed by atoms with Crippen molar-refractivity contribution in [1.82, 2.24) is 0 Å². The maximum absolute atomic E-state index is 9.00. The third-order valence-electron chi connectivity index (χ3n) is 2.52. The van der Waals surface area contributed by atoms with E-state index in [0.29, 0.717) is 0 Å². The van der Waals surface area contributed by atoms with E-state index in [2.05, 4.69) is 26.0 Å². The molecular formula is C10H11NS. The van der Waals surface area contributed by atoms with Crippen LogP contribution < -0.4 is 0 Å². The molecule has 0 spiro atoms. The van der Waals surface area contributed by atoms with Crippen LogP contribution in [0.15, 0.2) is 6.07 Å². The number of hydrogen-bond donors (Lipinski definition) is 0. The summed E-state index contributed by atoms with van der Waals surface area (Å²) < 4.78 is 0. The molecular weight excluding hydrogens is 166 g/mol. The lowest BCUT2D eigenvalue weighted by Crippen LogP contribution is -2.01. The molecule has 0 radical (unpaired) electrons. The Hall–Kier alpha value is -0.810. The summed E-state index contributed by atoms with van der Waals surface area (Å²) in [5.74, 6) is 0. The molecule has 62 valence electrons. The summed E-state index contributed by atoms with van der Waals surface area (Å²) in [5.41, 5.74) is 1.20. The normalized spacial score (nSPS) is 18.8. The lowest BCUT2D eigenvalue weighted by molar-refractivity contribution is 0.905.